The maximum atomic E-state index is 12.5. The lowest BCUT2D eigenvalue weighted by Crippen LogP contribution is -2.28. The first-order valence-electron chi connectivity index (χ1n) is 8.92. The van der Waals surface area contributed by atoms with Gasteiger partial charge < -0.3 is 10.3 Å². The maximum Gasteiger partial charge on any atom is 0.261 e. The van der Waals surface area contributed by atoms with Gasteiger partial charge in [-0.3, -0.25) is 14.3 Å². The minimum absolute atomic E-state index is 0.0697. The first-order chi connectivity index (χ1) is 13.8. The molecule has 1 aromatic heterocycles. The van der Waals surface area contributed by atoms with E-state index in [2.05, 4.69) is 15.0 Å². The van der Waals surface area contributed by atoms with Gasteiger partial charge >= 0.3 is 0 Å². The van der Waals surface area contributed by atoms with E-state index >= 15 is 0 Å². The number of aryl methyl sites for hydroxylation is 2. The van der Waals surface area contributed by atoms with Gasteiger partial charge in [-0.15, -0.1) is 0 Å². The molecule has 1 amide bonds. The Kier molecular flexibility index (Phi) is 5.84. The van der Waals surface area contributed by atoms with Crippen LogP contribution in [0.5, 0.6) is 0 Å². The molecule has 29 heavy (non-hydrogen) atoms. The molecule has 3 rings (SSSR count). The van der Waals surface area contributed by atoms with Gasteiger partial charge in [-0.25, -0.2) is 8.42 Å². The van der Waals surface area contributed by atoms with Crippen LogP contribution in [0.1, 0.15) is 27.2 Å². The van der Waals surface area contributed by atoms with Gasteiger partial charge in [0.05, 0.1) is 4.90 Å². The summed E-state index contributed by atoms with van der Waals surface area (Å²) in [7, 11) is -3.75. The van der Waals surface area contributed by atoms with E-state index in [1.165, 1.54) is 18.2 Å². The molecule has 0 aliphatic rings. The van der Waals surface area contributed by atoms with Crippen LogP contribution in [0.25, 0.3) is 0 Å². The Morgan fingerprint density at radius 3 is 2.41 bits per heavy atom. The number of anilines is 1. The van der Waals surface area contributed by atoms with Crippen LogP contribution < -0.4 is 15.6 Å². The molecule has 0 atom stereocenters. The highest BCUT2D eigenvalue weighted by Crippen LogP contribution is 2.17. The van der Waals surface area contributed by atoms with Gasteiger partial charge in [0.15, 0.2) is 0 Å². The predicted octanol–water partition coefficient (Wildman–Crippen LogP) is 2.72. The zero-order valence-corrected chi connectivity index (χ0v) is 16.8. The molecule has 3 aromatic rings. The topological polar surface area (TPSA) is 108 Å². The first-order valence-corrected chi connectivity index (χ1v) is 10.4. The van der Waals surface area contributed by atoms with Crippen LogP contribution in [-0.4, -0.2) is 19.3 Å². The summed E-state index contributed by atoms with van der Waals surface area (Å²) in [6.45, 7) is 3.67. The third-order valence-corrected chi connectivity index (χ3v) is 5.75. The summed E-state index contributed by atoms with van der Waals surface area (Å²) in [6.07, 6.45) is 0. The lowest BCUT2D eigenvalue weighted by atomic mass is 10.1. The molecule has 0 saturated heterocycles. The Morgan fingerprint density at radius 1 is 1.00 bits per heavy atom. The Balaban J connectivity index is 1.74. The van der Waals surface area contributed by atoms with Gasteiger partial charge in [-0.05, 0) is 55.8 Å². The fourth-order valence-electron chi connectivity index (χ4n) is 2.91. The number of rotatable bonds is 6. The number of benzene rings is 2. The van der Waals surface area contributed by atoms with Crippen molar-refractivity contribution in [1.82, 2.24) is 10.3 Å². The van der Waals surface area contributed by atoms with E-state index < -0.39 is 15.9 Å². The molecular weight excluding hydrogens is 390 g/mol. The lowest BCUT2D eigenvalue weighted by Gasteiger charge is -2.11. The van der Waals surface area contributed by atoms with E-state index in [4.69, 9.17) is 0 Å². The summed E-state index contributed by atoms with van der Waals surface area (Å²) >= 11 is 0. The van der Waals surface area contributed by atoms with Gasteiger partial charge in [0.2, 0.25) is 0 Å². The van der Waals surface area contributed by atoms with Crippen LogP contribution >= 0.6 is 0 Å². The van der Waals surface area contributed by atoms with E-state index in [9.17, 15) is 18.0 Å². The Morgan fingerprint density at radius 2 is 1.72 bits per heavy atom. The van der Waals surface area contributed by atoms with E-state index in [-0.39, 0.29) is 28.3 Å². The van der Waals surface area contributed by atoms with E-state index in [0.29, 0.717) is 5.56 Å². The van der Waals surface area contributed by atoms with E-state index in [1.807, 2.05) is 13.0 Å². The van der Waals surface area contributed by atoms with Crippen molar-refractivity contribution in [1.29, 1.82) is 0 Å². The molecule has 0 unspecified atom stereocenters. The van der Waals surface area contributed by atoms with E-state index in [1.54, 1.807) is 43.3 Å². The van der Waals surface area contributed by atoms with E-state index in [0.717, 1.165) is 11.3 Å². The van der Waals surface area contributed by atoms with Gasteiger partial charge in [0.1, 0.15) is 0 Å². The van der Waals surface area contributed by atoms with Gasteiger partial charge in [0.25, 0.3) is 21.5 Å². The van der Waals surface area contributed by atoms with Crippen molar-refractivity contribution >= 4 is 21.6 Å². The Bertz CT molecular complexity index is 1200. The molecule has 1 heterocycles. The number of aromatic nitrogens is 1. The Labute approximate surface area is 168 Å². The number of hydrogen-bond acceptors (Lipinski definition) is 4. The molecule has 8 heteroatoms. The SMILES string of the molecule is Cc1cc(C)c(CNC(=O)c2cccc(NS(=O)(=O)c3ccccc3)c2)c(=O)[nH]1. The number of hydrogen-bond donors (Lipinski definition) is 3. The highest BCUT2D eigenvalue weighted by atomic mass is 32.2. The monoisotopic (exact) mass is 411 g/mol. The molecule has 150 valence electrons. The second kappa shape index (κ2) is 8.32. The minimum Gasteiger partial charge on any atom is -0.348 e. The molecule has 2 aromatic carbocycles. The molecule has 0 spiro atoms. The van der Waals surface area contributed by atoms with Crippen LogP contribution in [0.3, 0.4) is 0 Å². The summed E-state index contributed by atoms with van der Waals surface area (Å²) in [5, 5.41) is 2.70. The highest BCUT2D eigenvalue weighted by molar-refractivity contribution is 7.92. The fraction of sp³-hybridized carbons (Fsp3) is 0.143. The third kappa shape index (κ3) is 4.91. The minimum atomic E-state index is -3.75. The van der Waals surface area contributed by atoms with Crippen LogP contribution in [0.4, 0.5) is 5.69 Å². The first kappa shape index (κ1) is 20.3. The molecule has 0 aliphatic heterocycles. The number of sulfonamides is 1. The lowest BCUT2D eigenvalue weighted by molar-refractivity contribution is 0.0950. The normalized spacial score (nSPS) is 11.1. The van der Waals surface area contributed by atoms with Crippen molar-refractivity contribution in [2.24, 2.45) is 0 Å². The zero-order valence-electron chi connectivity index (χ0n) is 16.0. The van der Waals surface area contributed by atoms with Gasteiger partial charge in [-0.1, -0.05) is 24.3 Å². The number of aromatic amines is 1. The summed E-state index contributed by atoms with van der Waals surface area (Å²) in [5.74, 6) is -0.412. The molecule has 0 radical (unpaired) electrons. The smallest absolute Gasteiger partial charge is 0.261 e. The average Bonchev–Trinajstić information content (AvgIpc) is 2.67. The van der Waals surface area contributed by atoms with Gasteiger partial charge in [-0.2, -0.15) is 0 Å². The number of nitrogens with one attached hydrogen (secondary N) is 3. The summed E-state index contributed by atoms with van der Waals surface area (Å²) in [5.41, 5.74) is 2.32. The quantitative estimate of drug-likeness (QED) is 0.579. The standard InChI is InChI=1S/C21H21N3O4S/c1-14-11-15(2)23-21(26)19(14)13-22-20(25)16-7-6-8-17(12-16)24-29(27,28)18-9-4-3-5-10-18/h3-12,24H,13H2,1-2H3,(H,22,25)(H,23,26). The number of H-pyrrole nitrogens is 1. The highest BCUT2D eigenvalue weighted by Gasteiger charge is 2.15. The molecule has 0 bridgehead atoms. The average molecular weight is 411 g/mol. The second-order valence-electron chi connectivity index (χ2n) is 6.63. The van der Waals surface area contributed by atoms with Crippen molar-refractivity contribution in [3.05, 3.63) is 93.4 Å². The van der Waals surface area contributed by atoms with Crippen molar-refractivity contribution < 1.29 is 13.2 Å². The molecule has 0 fully saturated rings. The molecule has 0 aliphatic carbocycles. The molecule has 7 nitrogen and oxygen atoms in total. The molecule has 3 N–H and O–H groups in total. The number of carbonyl (C=O) groups is 1. The van der Waals surface area contributed by atoms with Crippen LogP contribution in [0, 0.1) is 13.8 Å². The predicted molar refractivity (Wildman–Crippen MR) is 111 cm³/mol. The maximum absolute atomic E-state index is 12.5. The fourth-order valence-corrected chi connectivity index (χ4v) is 3.98. The zero-order chi connectivity index (χ0) is 21.0. The van der Waals surface area contributed by atoms with Crippen molar-refractivity contribution in [3.63, 3.8) is 0 Å². The second-order valence-corrected chi connectivity index (χ2v) is 8.31. The Hall–Kier alpha value is -3.39. The summed E-state index contributed by atoms with van der Waals surface area (Å²) in [6, 6.07) is 16.0. The summed E-state index contributed by atoms with van der Waals surface area (Å²) < 4.78 is 27.4. The molecular formula is C21H21N3O4S. The van der Waals surface area contributed by atoms with Crippen LogP contribution in [0.15, 0.2) is 70.4 Å². The third-order valence-electron chi connectivity index (χ3n) is 4.35. The largest absolute Gasteiger partial charge is 0.348 e. The van der Waals surface area contributed by atoms with Crippen molar-refractivity contribution in [2.75, 3.05) is 4.72 Å². The summed E-state index contributed by atoms with van der Waals surface area (Å²) in [4.78, 5) is 27.4. The van der Waals surface area contributed by atoms with Crippen LogP contribution in [0.2, 0.25) is 0 Å². The number of amides is 1. The van der Waals surface area contributed by atoms with Crippen molar-refractivity contribution in [2.45, 2.75) is 25.3 Å². The van der Waals surface area contributed by atoms with Crippen LogP contribution in [-0.2, 0) is 16.6 Å². The number of carbonyl (C=O) groups excluding carboxylic acids is 1. The number of pyridine rings is 1. The molecule has 0 saturated carbocycles. The van der Waals surface area contributed by atoms with Gasteiger partial charge in [0, 0.05) is 29.1 Å². The van der Waals surface area contributed by atoms with Crippen molar-refractivity contribution in [3.8, 4) is 0 Å².